The number of ether oxygens (including phenoxy) is 1. The molecule has 0 N–H and O–H groups in total. The van der Waals surface area contributed by atoms with E-state index < -0.39 is 8.32 Å². The number of hydrogen-bond donors (Lipinski definition) is 0. The number of benzene rings is 1. The first-order chi connectivity index (χ1) is 14.1. The topological polar surface area (TPSA) is 36.3 Å². The molecule has 1 aromatic heterocycles. The molecule has 1 atom stereocenters. The van der Waals surface area contributed by atoms with Gasteiger partial charge in [-0.05, 0) is 84.2 Å². The highest BCUT2D eigenvalue weighted by Crippen LogP contribution is 2.56. The third-order valence-electron chi connectivity index (χ3n) is 7.45. The zero-order valence-corrected chi connectivity index (χ0v) is 22.2. The zero-order valence-electron chi connectivity index (χ0n) is 18.9. The van der Waals surface area contributed by atoms with Crippen LogP contribution < -0.4 is 0 Å². The third-order valence-corrected chi connectivity index (χ3v) is 13.1. The maximum absolute atomic E-state index is 6.90. The van der Waals surface area contributed by atoms with Crippen molar-refractivity contribution in [3.8, 4) is 0 Å². The quantitative estimate of drug-likeness (QED) is 0.373. The van der Waals surface area contributed by atoms with Gasteiger partial charge in [0, 0.05) is 33.5 Å². The van der Waals surface area contributed by atoms with Gasteiger partial charge < -0.3 is 9.16 Å². The van der Waals surface area contributed by atoms with Crippen LogP contribution in [0.1, 0.15) is 71.1 Å². The minimum Gasteiger partial charge on any atom is -0.417 e. The fraction of sp³-hybridized carbons (Fsp3) is 0.696. The molecule has 166 valence electrons. The molecule has 30 heavy (non-hydrogen) atoms. The van der Waals surface area contributed by atoms with E-state index in [2.05, 4.69) is 61.0 Å². The molecule has 0 radical (unpaired) electrons. The lowest BCUT2D eigenvalue weighted by atomic mass is 9.91. The Bertz CT molecular complexity index is 927. The normalized spacial score (nSPS) is 21.9. The Balaban J connectivity index is 1.58. The van der Waals surface area contributed by atoms with Gasteiger partial charge in [-0.2, -0.15) is 5.10 Å². The Labute approximate surface area is 194 Å². The number of nitrogens with zero attached hydrogens (tertiary/aromatic N) is 2. The monoisotopic (exact) mass is 512 g/mol. The molecule has 1 aliphatic carbocycles. The van der Waals surface area contributed by atoms with Gasteiger partial charge in [0.05, 0.1) is 11.7 Å². The van der Waals surface area contributed by atoms with Crippen LogP contribution in [-0.2, 0) is 14.6 Å². The summed E-state index contributed by atoms with van der Waals surface area (Å²) >= 11 is 10.8. The number of halogens is 2. The van der Waals surface area contributed by atoms with Crippen molar-refractivity contribution in [3.05, 3.63) is 27.3 Å². The van der Waals surface area contributed by atoms with Crippen LogP contribution in [0.4, 0.5) is 0 Å². The predicted molar refractivity (Wildman–Crippen MR) is 130 cm³/mol. The summed E-state index contributed by atoms with van der Waals surface area (Å²) < 4.78 is 15.6. The molecule has 2 heterocycles. The van der Waals surface area contributed by atoms with Gasteiger partial charge in [0.1, 0.15) is 0 Å². The highest BCUT2D eigenvalue weighted by Gasteiger charge is 2.47. The van der Waals surface area contributed by atoms with E-state index in [1.807, 2.05) is 10.9 Å². The van der Waals surface area contributed by atoms with E-state index >= 15 is 0 Å². The van der Waals surface area contributed by atoms with Crippen molar-refractivity contribution in [2.24, 2.45) is 0 Å². The van der Waals surface area contributed by atoms with Crippen LogP contribution >= 0.6 is 27.5 Å². The Morgan fingerprint density at radius 3 is 2.67 bits per heavy atom. The van der Waals surface area contributed by atoms with Crippen LogP contribution in [0.25, 0.3) is 10.9 Å². The van der Waals surface area contributed by atoms with Gasteiger partial charge >= 0.3 is 0 Å². The summed E-state index contributed by atoms with van der Waals surface area (Å²) in [5.41, 5.74) is 2.41. The maximum atomic E-state index is 6.90. The van der Waals surface area contributed by atoms with Crippen LogP contribution in [-0.4, -0.2) is 31.3 Å². The second-order valence-electron chi connectivity index (χ2n) is 10.5. The molecule has 1 aromatic carbocycles. The molecule has 1 aliphatic heterocycles. The van der Waals surface area contributed by atoms with E-state index in [9.17, 15) is 0 Å². The summed E-state index contributed by atoms with van der Waals surface area (Å²) in [5, 5.41) is 6.86. The summed E-state index contributed by atoms with van der Waals surface area (Å²) in [5.74, 6) is 0. The third kappa shape index (κ3) is 4.15. The fourth-order valence-electron chi connectivity index (χ4n) is 4.24. The first kappa shape index (κ1) is 22.8. The van der Waals surface area contributed by atoms with Crippen molar-refractivity contribution < 1.29 is 9.16 Å². The van der Waals surface area contributed by atoms with Gasteiger partial charge in [-0.25, -0.2) is 4.68 Å². The summed E-state index contributed by atoms with van der Waals surface area (Å²) in [6, 6.07) is 2.09. The van der Waals surface area contributed by atoms with Gasteiger partial charge in [-0.15, -0.1) is 0 Å². The van der Waals surface area contributed by atoms with Gasteiger partial charge in [0.2, 0.25) is 0 Å². The van der Waals surface area contributed by atoms with Crippen molar-refractivity contribution in [2.45, 2.75) is 89.1 Å². The molecule has 7 heteroatoms. The van der Waals surface area contributed by atoms with Crippen LogP contribution in [0, 0.1) is 0 Å². The molecule has 1 unspecified atom stereocenters. The molecular formula is C23H34BrClN2O2Si. The Kier molecular flexibility index (Phi) is 6.21. The molecule has 0 amide bonds. The summed E-state index contributed by atoms with van der Waals surface area (Å²) in [6.45, 7) is 13.1. The highest BCUT2D eigenvalue weighted by molar-refractivity contribution is 9.10. The van der Waals surface area contributed by atoms with Crippen molar-refractivity contribution in [2.75, 3.05) is 13.2 Å². The van der Waals surface area contributed by atoms with Crippen LogP contribution in [0.3, 0.4) is 0 Å². The zero-order chi connectivity index (χ0) is 21.7. The minimum atomic E-state index is -1.74. The number of rotatable bonds is 6. The van der Waals surface area contributed by atoms with E-state index in [0.717, 1.165) is 65.7 Å². The molecular weight excluding hydrogens is 480 g/mol. The van der Waals surface area contributed by atoms with E-state index in [4.69, 9.17) is 20.8 Å². The average molecular weight is 514 g/mol. The van der Waals surface area contributed by atoms with Gasteiger partial charge in [0.15, 0.2) is 14.5 Å². The van der Waals surface area contributed by atoms with Crippen molar-refractivity contribution in [3.63, 3.8) is 0 Å². The maximum Gasteiger partial charge on any atom is 0.191 e. The van der Waals surface area contributed by atoms with E-state index in [1.54, 1.807) is 0 Å². The van der Waals surface area contributed by atoms with Gasteiger partial charge in [-0.1, -0.05) is 32.4 Å². The summed E-state index contributed by atoms with van der Waals surface area (Å²) in [4.78, 5) is 0. The van der Waals surface area contributed by atoms with E-state index in [-0.39, 0.29) is 16.7 Å². The summed E-state index contributed by atoms with van der Waals surface area (Å²) in [7, 11) is -1.74. The van der Waals surface area contributed by atoms with Gasteiger partial charge in [0.25, 0.3) is 0 Å². The largest absolute Gasteiger partial charge is 0.417 e. The molecule has 0 spiro atoms. The smallest absolute Gasteiger partial charge is 0.191 e. The molecule has 0 bridgehead atoms. The number of fused-ring (bicyclic) bond motifs is 1. The lowest BCUT2D eigenvalue weighted by molar-refractivity contribution is -0.0366. The predicted octanol–water partition coefficient (Wildman–Crippen LogP) is 7.59. The molecule has 4 rings (SSSR count). The second kappa shape index (κ2) is 8.18. The first-order valence-corrected chi connectivity index (χ1v) is 15.2. The molecule has 4 nitrogen and oxygen atoms in total. The molecule has 2 aromatic rings. The van der Waals surface area contributed by atoms with E-state index in [1.165, 1.54) is 12.0 Å². The second-order valence-corrected chi connectivity index (χ2v) is 16.5. The average Bonchev–Trinajstić information content (AvgIpc) is 3.31. The lowest BCUT2D eigenvalue weighted by Crippen LogP contribution is -2.41. The van der Waals surface area contributed by atoms with Crippen LogP contribution in [0.2, 0.25) is 23.2 Å². The molecule has 2 aliphatic rings. The Morgan fingerprint density at radius 2 is 2.07 bits per heavy atom. The Hall–Kier alpha value is -0.403. The standard InChI is InChI=1S/C23H34BrClN2O2Si/c1-22(2,3)30(4,5)29-13-11-23(9-10-23)20-17(25)14-18-16(21(20)24)15-26-27(18)19-8-6-7-12-28-19/h14-15,19H,6-13H2,1-5H3. The van der Waals surface area contributed by atoms with Gasteiger partial charge in [-0.3, -0.25) is 0 Å². The number of aromatic nitrogens is 2. The van der Waals surface area contributed by atoms with E-state index in [0.29, 0.717) is 0 Å². The summed E-state index contributed by atoms with van der Waals surface area (Å²) in [6.07, 6.45) is 8.62. The van der Waals surface area contributed by atoms with Crippen molar-refractivity contribution in [1.29, 1.82) is 0 Å². The highest BCUT2D eigenvalue weighted by atomic mass is 79.9. The lowest BCUT2D eigenvalue weighted by Gasteiger charge is -2.36. The molecule has 1 saturated heterocycles. The molecule has 2 fully saturated rings. The van der Waals surface area contributed by atoms with Crippen molar-refractivity contribution in [1.82, 2.24) is 9.78 Å². The first-order valence-electron chi connectivity index (χ1n) is 11.2. The van der Waals surface area contributed by atoms with Crippen molar-refractivity contribution >= 4 is 46.8 Å². The molecule has 1 saturated carbocycles. The SMILES string of the molecule is CC(C)(C)[Si](C)(C)OCCC1(c2c(Cl)cc3c(cnn3C3CCCCO3)c2Br)CC1. The minimum absolute atomic E-state index is 0.0120. The number of hydrogen-bond acceptors (Lipinski definition) is 3. The van der Waals surface area contributed by atoms with Crippen LogP contribution in [0.5, 0.6) is 0 Å². The fourth-order valence-corrected chi connectivity index (χ4v) is 6.74. The van der Waals surface area contributed by atoms with Crippen LogP contribution in [0.15, 0.2) is 16.7 Å². The Morgan fingerprint density at radius 1 is 1.33 bits per heavy atom.